The second kappa shape index (κ2) is 42.7. The highest BCUT2D eigenvalue weighted by Crippen LogP contribution is 2.40. The van der Waals surface area contributed by atoms with Crippen molar-refractivity contribution in [3.8, 4) is 0 Å². The van der Waals surface area contributed by atoms with E-state index in [-0.39, 0.29) is 79.3 Å². The number of ether oxygens (including phenoxy) is 17. The Hall–Kier alpha value is -7.32. The largest absolute Gasteiger partial charge is 0.394 e. The number of rotatable bonds is 38. The van der Waals surface area contributed by atoms with Crippen LogP contribution in [0.25, 0.3) is 0 Å². The Bertz CT molecular complexity index is 4010. The molecule has 25 atom stereocenters. The summed E-state index contributed by atoms with van der Waals surface area (Å²) in [5.74, 6) is 0. The molecule has 5 fully saturated rings. The molecule has 0 radical (unpaired) electrons. The maximum Gasteiger partial charge on any atom is 0.187 e. The quantitative estimate of drug-likeness (QED) is 0.0233. The summed E-state index contributed by atoms with van der Waals surface area (Å²) in [5, 5.41) is 119. The molecule has 0 amide bonds. The Labute approximate surface area is 661 Å². The van der Waals surface area contributed by atoms with Gasteiger partial charge in [-0.15, -0.1) is 0 Å². The lowest BCUT2D eigenvalue weighted by atomic mass is 9.94. The SMILES string of the molecule is OCc1ccc(CO[C@@H]2O[C@H](COCc3ccccc3)[C@@H](OCc3ccccc3)[C@H](O[C@@H]3O[C@H](CO[C@@H]4O[C@H](CO)[C@@H](O)[C@H](O)[C@H]4O)[C@@H](OCc4ccccc4)[C@H](O[C@@H]4O[C@H](COCc5ccccc5)[C@@H](OCc5ccccc5)[C@H](O[C@@H]5O[C@H](COCc6ccccc6)[C@@H](OCc6ccccc6)[C@H](O)[C@H]5O)[C@H]4O)[C@H]3O)[C@H]2O)cc1. The van der Waals surface area contributed by atoms with E-state index < -0.39 is 167 Å². The first-order chi connectivity index (χ1) is 55.7. The van der Waals surface area contributed by atoms with Gasteiger partial charge in [-0.3, -0.25) is 0 Å². The van der Waals surface area contributed by atoms with Crippen molar-refractivity contribution in [2.24, 2.45) is 0 Å². The molecule has 0 aliphatic carbocycles. The lowest BCUT2D eigenvalue weighted by Crippen LogP contribution is -2.68. The predicted molar refractivity (Wildman–Crippen MR) is 405 cm³/mol. The summed E-state index contributed by atoms with van der Waals surface area (Å²) in [6.45, 7) is -2.46. The first-order valence-corrected chi connectivity index (χ1v) is 38.4. The molecule has 612 valence electrons. The van der Waals surface area contributed by atoms with E-state index in [0.29, 0.717) is 22.3 Å². The van der Waals surface area contributed by atoms with Crippen LogP contribution in [-0.2, 0) is 140 Å². The Balaban J connectivity index is 0.882. The van der Waals surface area contributed by atoms with E-state index in [1.807, 2.05) is 188 Å². The van der Waals surface area contributed by atoms with Crippen molar-refractivity contribution in [3.63, 3.8) is 0 Å². The molecular weight excluding hydrogens is 1480 g/mol. The number of benzene rings is 8. The molecule has 114 heavy (non-hydrogen) atoms. The van der Waals surface area contributed by atoms with Gasteiger partial charge in [0.2, 0.25) is 0 Å². The lowest BCUT2D eigenvalue weighted by Gasteiger charge is -2.51. The third-order valence-corrected chi connectivity index (χ3v) is 20.6. The molecule has 5 aliphatic heterocycles. The van der Waals surface area contributed by atoms with Crippen LogP contribution in [0.3, 0.4) is 0 Å². The Morgan fingerprint density at radius 2 is 0.474 bits per heavy atom. The number of hydrogen-bond donors (Lipinski definition) is 10. The van der Waals surface area contributed by atoms with Gasteiger partial charge in [0, 0.05) is 0 Å². The fraction of sp³-hybridized carbons (Fsp3) is 0.448. The van der Waals surface area contributed by atoms with Crippen LogP contribution < -0.4 is 0 Å². The second-order valence-electron chi connectivity index (χ2n) is 28.8. The van der Waals surface area contributed by atoms with Crippen molar-refractivity contribution in [2.45, 2.75) is 213 Å². The fourth-order valence-corrected chi connectivity index (χ4v) is 14.3. The molecule has 5 aliphatic rings. The van der Waals surface area contributed by atoms with Crippen molar-refractivity contribution in [2.75, 3.05) is 33.0 Å². The summed E-state index contributed by atoms with van der Waals surface area (Å²) in [6, 6.07) is 71.7. The van der Waals surface area contributed by atoms with Crippen LogP contribution in [0.5, 0.6) is 0 Å². The summed E-state index contributed by atoms with van der Waals surface area (Å²) in [7, 11) is 0. The molecule has 0 bridgehead atoms. The van der Waals surface area contributed by atoms with Gasteiger partial charge in [-0.25, -0.2) is 0 Å². The van der Waals surface area contributed by atoms with Crippen LogP contribution in [0, 0.1) is 0 Å². The summed E-state index contributed by atoms with van der Waals surface area (Å²) in [6.07, 6.45) is -40.8. The fourth-order valence-electron chi connectivity index (χ4n) is 14.3. The van der Waals surface area contributed by atoms with E-state index in [1.54, 1.807) is 48.5 Å². The molecule has 5 saturated heterocycles. The zero-order chi connectivity index (χ0) is 79.1. The maximum absolute atomic E-state index is 13.6. The van der Waals surface area contributed by atoms with Crippen LogP contribution in [0.1, 0.15) is 50.1 Å². The highest BCUT2D eigenvalue weighted by atomic mass is 16.8. The van der Waals surface area contributed by atoms with Crippen molar-refractivity contribution in [1.29, 1.82) is 0 Å². The van der Waals surface area contributed by atoms with Crippen LogP contribution >= 0.6 is 0 Å². The molecule has 8 aromatic rings. The van der Waals surface area contributed by atoms with Gasteiger partial charge in [-0.05, 0) is 50.1 Å². The Morgan fingerprint density at radius 3 is 0.833 bits per heavy atom. The molecule has 8 aromatic carbocycles. The first-order valence-electron chi connectivity index (χ1n) is 38.4. The van der Waals surface area contributed by atoms with E-state index in [2.05, 4.69) is 0 Å². The molecule has 27 heteroatoms. The monoisotopic (exact) mass is 1580 g/mol. The third kappa shape index (κ3) is 22.7. The molecule has 10 N–H and O–H groups in total. The summed E-state index contributed by atoms with van der Waals surface area (Å²) >= 11 is 0. The molecule has 27 nitrogen and oxygen atoms in total. The van der Waals surface area contributed by atoms with Crippen LogP contribution in [-0.4, -0.2) is 238 Å². The van der Waals surface area contributed by atoms with Crippen LogP contribution in [0.15, 0.2) is 237 Å². The molecule has 0 aromatic heterocycles. The van der Waals surface area contributed by atoms with E-state index in [9.17, 15) is 51.1 Å². The van der Waals surface area contributed by atoms with Gasteiger partial charge in [-0.1, -0.05) is 237 Å². The first kappa shape index (κ1) is 84.6. The molecule has 0 spiro atoms. The average molecular weight is 1580 g/mol. The Morgan fingerprint density at radius 1 is 0.211 bits per heavy atom. The average Bonchev–Trinajstić information content (AvgIpc) is 0.764. The second-order valence-corrected chi connectivity index (χ2v) is 28.8. The van der Waals surface area contributed by atoms with Crippen LogP contribution in [0.2, 0.25) is 0 Å². The minimum absolute atomic E-state index is 0.0123. The number of hydrogen-bond acceptors (Lipinski definition) is 27. The van der Waals surface area contributed by atoms with E-state index in [4.69, 9.17) is 80.5 Å². The summed E-state index contributed by atoms with van der Waals surface area (Å²) < 4.78 is 113. The van der Waals surface area contributed by atoms with Crippen molar-refractivity contribution in [1.82, 2.24) is 0 Å². The maximum atomic E-state index is 13.6. The van der Waals surface area contributed by atoms with Gasteiger partial charge in [0.25, 0.3) is 0 Å². The van der Waals surface area contributed by atoms with Crippen molar-refractivity contribution >= 4 is 0 Å². The molecule has 13 rings (SSSR count). The number of aliphatic hydroxyl groups excluding tert-OH is 10. The summed E-state index contributed by atoms with van der Waals surface area (Å²) in [5.41, 5.74) is 6.60. The molecule has 0 saturated carbocycles. The van der Waals surface area contributed by atoms with Crippen molar-refractivity contribution < 1.29 is 132 Å². The highest BCUT2D eigenvalue weighted by molar-refractivity contribution is 5.23. The predicted octanol–water partition coefficient (Wildman–Crippen LogP) is 5.36. The van der Waals surface area contributed by atoms with Crippen LogP contribution in [0.4, 0.5) is 0 Å². The van der Waals surface area contributed by atoms with Gasteiger partial charge in [0.05, 0.1) is 92.5 Å². The third-order valence-electron chi connectivity index (χ3n) is 20.6. The van der Waals surface area contributed by atoms with Gasteiger partial charge in [0.15, 0.2) is 31.5 Å². The minimum atomic E-state index is -2.06. The topological polar surface area (TPSA) is 359 Å². The zero-order valence-corrected chi connectivity index (χ0v) is 62.8. The lowest BCUT2D eigenvalue weighted by molar-refractivity contribution is -0.399. The van der Waals surface area contributed by atoms with Gasteiger partial charge in [0.1, 0.15) is 122 Å². The number of aliphatic hydroxyl groups is 10. The minimum Gasteiger partial charge on any atom is -0.394 e. The normalized spacial score (nSPS) is 31.9. The highest BCUT2D eigenvalue weighted by Gasteiger charge is 2.58. The van der Waals surface area contributed by atoms with E-state index in [0.717, 1.165) is 27.8 Å². The smallest absolute Gasteiger partial charge is 0.187 e. The standard InChI is InChI=1S/C87H102O27/c88-40-54-36-38-62(39-37-54)49-105-84-73(95)80(77(102-46-59-30-16-5-17-31-59)65(108-84)51-99-43-56-24-10-2-11-25-56)113-87-75(97)82(79(104-48-61-34-20-7-21-35-61)67(111-87)53-106-83-71(93)69(91)68(90)63(41-89)107-83)114-86-74(96)81(78(103-47-60-32-18-6-19-33-60)66(110-86)52-100-44-57-26-12-3-13-27-57)112-85-72(94)70(92)76(101-45-58-28-14-4-15-29-58)64(109-85)50-98-42-55-22-8-1-9-23-55/h1-39,63-97H,40-53H2/t63-,64-,65-,66-,67-,68-,69+,70-,71-,72-,73-,74-,75-,76-,77-,78-,79-,80-,81-,82-,83-,84-,85+,86+,87+/m1/s1. The molecular formula is C87H102O27. The zero-order valence-electron chi connectivity index (χ0n) is 62.8. The van der Waals surface area contributed by atoms with Gasteiger partial charge in [-0.2, -0.15) is 0 Å². The van der Waals surface area contributed by atoms with E-state index in [1.165, 1.54) is 0 Å². The summed E-state index contributed by atoms with van der Waals surface area (Å²) in [4.78, 5) is 0. The van der Waals surface area contributed by atoms with Gasteiger partial charge >= 0.3 is 0 Å². The molecule has 0 unspecified atom stereocenters. The van der Waals surface area contributed by atoms with Gasteiger partial charge < -0.3 is 132 Å². The van der Waals surface area contributed by atoms with Crippen molar-refractivity contribution in [3.05, 3.63) is 287 Å². The Kier molecular flexibility index (Phi) is 31.7. The molecule has 5 heterocycles. The van der Waals surface area contributed by atoms with E-state index >= 15 is 0 Å².